The zero-order valence-corrected chi connectivity index (χ0v) is 60.4. The number of nitrogens with one attached hydrogen (secondary N) is 1. The fraction of sp³-hybridized carbons (Fsp3) is 0.815. The number of amides is 1. The molecule has 2 fully saturated rings. The summed E-state index contributed by atoms with van der Waals surface area (Å²) in [5.74, 6) is -0.250. The van der Waals surface area contributed by atoms with Crippen molar-refractivity contribution in [2.24, 2.45) is 0 Å². The second-order valence-corrected chi connectivity index (χ2v) is 27.4. The van der Waals surface area contributed by atoms with Crippen LogP contribution in [0.3, 0.4) is 0 Å². The number of aliphatic hydroxyl groups excluding tert-OH is 8. The van der Waals surface area contributed by atoms with Gasteiger partial charge in [-0.2, -0.15) is 0 Å². The number of rotatable bonds is 65. The maximum Gasteiger partial charge on any atom is 0.220 e. The lowest BCUT2D eigenvalue weighted by Crippen LogP contribution is -2.65. The summed E-state index contributed by atoms with van der Waals surface area (Å²) in [6.07, 6.45) is 73.8. The summed E-state index contributed by atoms with van der Waals surface area (Å²) in [4.78, 5) is 13.4. The molecule has 2 rings (SSSR count). The molecule has 2 saturated heterocycles. The van der Waals surface area contributed by atoms with Crippen molar-refractivity contribution in [3.05, 3.63) is 85.1 Å². The van der Waals surface area contributed by atoms with Crippen LogP contribution in [0.15, 0.2) is 85.1 Å². The third kappa shape index (κ3) is 47.8. The van der Waals surface area contributed by atoms with Crippen LogP contribution in [-0.2, 0) is 23.7 Å². The lowest BCUT2D eigenvalue weighted by Gasteiger charge is -2.46. The summed E-state index contributed by atoms with van der Waals surface area (Å²) in [6, 6.07) is -0.942. The molecule has 2 aliphatic heterocycles. The van der Waals surface area contributed by atoms with Crippen LogP contribution in [0.1, 0.15) is 328 Å². The Labute approximate surface area is 580 Å². The van der Waals surface area contributed by atoms with Crippen molar-refractivity contribution in [1.29, 1.82) is 0 Å². The fourth-order valence-electron chi connectivity index (χ4n) is 12.6. The van der Waals surface area contributed by atoms with Crippen molar-refractivity contribution in [3.8, 4) is 0 Å². The normalized spacial score (nSPS) is 22.8. The maximum absolute atomic E-state index is 13.4. The van der Waals surface area contributed by atoms with Gasteiger partial charge >= 0.3 is 0 Å². The molecule has 1 amide bonds. The Morgan fingerprint density at radius 2 is 0.737 bits per heavy atom. The van der Waals surface area contributed by atoms with E-state index in [1.807, 2.05) is 6.08 Å². The largest absolute Gasteiger partial charge is 0.394 e. The average molecular weight is 1340 g/mol. The molecule has 0 saturated carbocycles. The van der Waals surface area contributed by atoms with E-state index in [2.05, 4.69) is 92.1 Å². The van der Waals surface area contributed by atoms with Crippen molar-refractivity contribution in [1.82, 2.24) is 5.32 Å². The number of hydrogen-bond donors (Lipinski definition) is 9. The summed E-state index contributed by atoms with van der Waals surface area (Å²) in [5, 5.41) is 87.6. The highest BCUT2D eigenvalue weighted by Gasteiger charge is 2.51. The number of unbranched alkanes of at least 4 members (excludes halogenated alkanes) is 40. The Balaban J connectivity index is 1.64. The van der Waals surface area contributed by atoms with Gasteiger partial charge < -0.3 is 65.1 Å². The van der Waals surface area contributed by atoms with E-state index in [0.29, 0.717) is 12.8 Å². The first-order chi connectivity index (χ1) is 46.6. The molecule has 0 spiro atoms. The molecule has 14 nitrogen and oxygen atoms in total. The van der Waals surface area contributed by atoms with Crippen LogP contribution >= 0.6 is 0 Å². The number of aliphatic hydroxyl groups is 8. The summed E-state index contributed by atoms with van der Waals surface area (Å²) >= 11 is 0. The SMILES string of the molecule is CC/C=C\C/C=C\C/C=C\C/C=C\CCCCCCCCCCCCCCCCCCCCCCC(=O)NC(COC1OC(CO)C(OC2OC(CO)C(O)C(O)C2O)C(O)C1O)C(O)/C=C/CC/C=C/CC/C=C/CCCCCCCCCCCCCCCCCCCC. The van der Waals surface area contributed by atoms with Gasteiger partial charge in [0.25, 0.3) is 0 Å². The number of ether oxygens (including phenoxy) is 4. The second-order valence-electron chi connectivity index (χ2n) is 27.4. The maximum atomic E-state index is 13.4. The third-order valence-corrected chi connectivity index (χ3v) is 18.8. The van der Waals surface area contributed by atoms with Crippen LogP contribution in [0, 0.1) is 0 Å². The van der Waals surface area contributed by atoms with E-state index in [-0.39, 0.29) is 18.9 Å². The van der Waals surface area contributed by atoms with Crippen molar-refractivity contribution >= 4 is 5.91 Å². The quantitative estimate of drug-likeness (QED) is 0.0204. The van der Waals surface area contributed by atoms with Gasteiger partial charge in [0.1, 0.15) is 48.8 Å². The predicted octanol–water partition coefficient (Wildman–Crippen LogP) is 17.5. The minimum Gasteiger partial charge on any atom is -0.394 e. The van der Waals surface area contributed by atoms with E-state index >= 15 is 0 Å². The molecule has 95 heavy (non-hydrogen) atoms. The lowest BCUT2D eigenvalue weighted by molar-refractivity contribution is -0.359. The predicted molar refractivity (Wildman–Crippen MR) is 392 cm³/mol. The average Bonchev–Trinajstić information content (AvgIpc) is 0.801. The summed E-state index contributed by atoms with van der Waals surface area (Å²) in [5.41, 5.74) is 0. The highest BCUT2D eigenvalue weighted by Crippen LogP contribution is 2.30. The zero-order valence-electron chi connectivity index (χ0n) is 60.4. The molecule has 0 aliphatic carbocycles. The van der Waals surface area contributed by atoms with Crippen LogP contribution in [0.25, 0.3) is 0 Å². The van der Waals surface area contributed by atoms with Crippen molar-refractivity contribution in [3.63, 3.8) is 0 Å². The van der Waals surface area contributed by atoms with Gasteiger partial charge in [0.2, 0.25) is 5.91 Å². The molecular weight excluding hydrogens is 1190 g/mol. The minimum absolute atomic E-state index is 0.250. The summed E-state index contributed by atoms with van der Waals surface area (Å²) in [7, 11) is 0. The second kappa shape index (κ2) is 64.5. The molecule has 0 bridgehead atoms. The molecule has 552 valence electrons. The Hall–Kier alpha value is -2.83. The molecule has 2 heterocycles. The Morgan fingerprint density at radius 3 is 1.16 bits per heavy atom. The van der Waals surface area contributed by atoms with Gasteiger partial charge in [0.15, 0.2) is 12.6 Å². The number of carbonyl (C=O) groups excluding carboxylic acids is 1. The molecule has 9 N–H and O–H groups in total. The van der Waals surface area contributed by atoms with E-state index in [4.69, 9.17) is 18.9 Å². The fourth-order valence-corrected chi connectivity index (χ4v) is 12.6. The first-order valence-electron chi connectivity index (χ1n) is 39.3. The molecule has 0 aromatic carbocycles. The molecule has 14 heteroatoms. The molecule has 12 unspecified atom stereocenters. The number of carbonyl (C=O) groups is 1. The Kier molecular flexibility index (Phi) is 60.0. The Morgan fingerprint density at radius 1 is 0.389 bits per heavy atom. The van der Waals surface area contributed by atoms with Crippen LogP contribution in [0.5, 0.6) is 0 Å². The van der Waals surface area contributed by atoms with Crippen molar-refractivity contribution in [2.45, 2.75) is 402 Å². The first kappa shape index (κ1) is 88.3. The summed E-state index contributed by atoms with van der Waals surface area (Å²) in [6.45, 7) is 2.71. The molecule has 0 radical (unpaired) electrons. The monoisotopic (exact) mass is 1340 g/mol. The van der Waals surface area contributed by atoms with E-state index in [1.165, 1.54) is 225 Å². The highest BCUT2D eigenvalue weighted by atomic mass is 16.7. The summed E-state index contributed by atoms with van der Waals surface area (Å²) < 4.78 is 22.9. The van der Waals surface area contributed by atoms with Gasteiger partial charge in [0.05, 0.1) is 32.0 Å². The van der Waals surface area contributed by atoms with Gasteiger partial charge in [-0.3, -0.25) is 4.79 Å². The van der Waals surface area contributed by atoms with Crippen LogP contribution in [0.4, 0.5) is 0 Å². The molecule has 2 aliphatic rings. The van der Waals surface area contributed by atoms with E-state index in [0.717, 1.165) is 70.6 Å². The minimum atomic E-state index is -1.80. The van der Waals surface area contributed by atoms with Gasteiger partial charge in [-0.25, -0.2) is 0 Å². The highest BCUT2D eigenvalue weighted by molar-refractivity contribution is 5.76. The van der Waals surface area contributed by atoms with Gasteiger partial charge in [-0.05, 0) is 83.5 Å². The Bertz CT molecular complexity index is 1920. The van der Waals surface area contributed by atoms with Crippen molar-refractivity contribution < 1.29 is 64.6 Å². The lowest BCUT2D eigenvalue weighted by atomic mass is 9.97. The molecule has 12 atom stereocenters. The molecule has 0 aromatic heterocycles. The van der Waals surface area contributed by atoms with Crippen molar-refractivity contribution in [2.75, 3.05) is 19.8 Å². The van der Waals surface area contributed by atoms with Gasteiger partial charge in [0, 0.05) is 6.42 Å². The first-order valence-corrected chi connectivity index (χ1v) is 39.3. The van der Waals surface area contributed by atoms with Gasteiger partial charge in [-0.1, -0.05) is 324 Å². The van der Waals surface area contributed by atoms with E-state index in [1.54, 1.807) is 6.08 Å². The number of hydrogen-bond acceptors (Lipinski definition) is 13. The smallest absolute Gasteiger partial charge is 0.220 e. The van der Waals surface area contributed by atoms with Crippen LogP contribution < -0.4 is 5.32 Å². The van der Waals surface area contributed by atoms with Crippen LogP contribution in [0.2, 0.25) is 0 Å². The topological polar surface area (TPSA) is 228 Å². The van der Waals surface area contributed by atoms with Crippen LogP contribution in [-0.4, -0.2) is 140 Å². The molecule has 0 aromatic rings. The third-order valence-electron chi connectivity index (χ3n) is 18.8. The van der Waals surface area contributed by atoms with Gasteiger partial charge in [-0.15, -0.1) is 0 Å². The molecular formula is C81H145NO13. The number of allylic oxidation sites excluding steroid dienone is 13. The van der Waals surface area contributed by atoms with E-state index in [9.17, 15) is 45.6 Å². The van der Waals surface area contributed by atoms with E-state index < -0.39 is 86.8 Å². The zero-order chi connectivity index (χ0) is 68.7. The standard InChI is InChI=1S/C81H145NO13/c1-3-5-7-9-11-13-15-17-19-21-23-25-27-29-31-33-34-35-36-37-39-41-43-45-47-49-51-53-55-57-59-61-63-65-73(86)82-69(68-92-80-78(91)76(89)79(72(67-84)94-80)95-81-77(90)75(88)74(87)71(66-83)93-81)70(85)64-62-60-58-56-54-52-50-48-46-44-42-40-38-32-30-28-26-24-22-20-18-16-14-12-10-8-6-4-2/h5,7,11,13,17,19,23,25,46,48,54,56,62,64,69-72,74-81,83-85,87-91H,3-4,6,8-10,12,14-16,18,20-22,24,26-45,47,49-53,55,57-61,63,65-68H2,1-2H3,(H,82,86)/b7-5-,13-11-,19-17-,25-23-,48-46+,56-54+,64-62+.